The van der Waals surface area contributed by atoms with Crippen LogP contribution in [0.2, 0.25) is 0 Å². The van der Waals surface area contributed by atoms with Gasteiger partial charge in [-0.2, -0.15) is 0 Å². The molecule has 0 saturated carbocycles. The van der Waals surface area contributed by atoms with Crippen molar-refractivity contribution in [2.24, 2.45) is 11.1 Å². The average Bonchev–Trinajstić information content (AvgIpc) is 2.65. The summed E-state index contributed by atoms with van der Waals surface area (Å²) in [6.07, 6.45) is 1.45. The van der Waals surface area contributed by atoms with Gasteiger partial charge in [-0.1, -0.05) is 31.1 Å². The highest BCUT2D eigenvalue weighted by Gasteiger charge is 2.07. The number of ether oxygens (including phenoxy) is 2. The van der Waals surface area contributed by atoms with Crippen molar-refractivity contribution < 1.29 is 23.5 Å². The number of methoxy groups -OCH3 is 1. The van der Waals surface area contributed by atoms with E-state index in [2.05, 4.69) is 24.3 Å². The molecule has 0 bridgehead atoms. The van der Waals surface area contributed by atoms with E-state index in [1.165, 1.54) is 18.3 Å². The van der Waals surface area contributed by atoms with Crippen LogP contribution in [0.25, 0.3) is 0 Å². The SMILES string of the molecule is COc1cc(/C=N\OCC(=O)Nc2ccccc2F)ccc1OCC(C)C. The molecule has 0 atom stereocenters. The molecule has 1 N–H and O–H groups in total. The molecule has 0 spiro atoms. The van der Waals surface area contributed by atoms with Crippen LogP contribution in [0, 0.1) is 11.7 Å². The predicted octanol–water partition coefficient (Wildman–Crippen LogP) is 3.86. The molecule has 1 amide bonds. The molecule has 0 aromatic heterocycles. The maximum atomic E-state index is 13.5. The maximum absolute atomic E-state index is 13.5. The van der Waals surface area contributed by atoms with E-state index < -0.39 is 11.7 Å². The lowest BCUT2D eigenvalue weighted by Gasteiger charge is -2.12. The summed E-state index contributed by atoms with van der Waals surface area (Å²) in [5, 5.41) is 6.16. The van der Waals surface area contributed by atoms with Gasteiger partial charge in [0.15, 0.2) is 18.1 Å². The van der Waals surface area contributed by atoms with Crippen molar-refractivity contribution in [2.45, 2.75) is 13.8 Å². The van der Waals surface area contributed by atoms with Gasteiger partial charge in [-0.15, -0.1) is 0 Å². The third-order valence-electron chi connectivity index (χ3n) is 3.38. The lowest BCUT2D eigenvalue weighted by molar-refractivity contribution is -0.120. The zero-order chi connectivity index (χ0) is 19.6. The highest BCUT2D eigenvalue weighted by Crippen LogP contribution is 2.28. The first kappa shape index (κ1) is 20.2. The zero-order valence-corrected chi connectivity index (χ0v) is 15.6. The molecule has 0 aliphatic heterocycles. The topological polar surface area (TPSA) is 69.2 Å². The standard InChI is InChI=1S/C20H23FN2O4/c1-14(2)12-26-18-9-8-15(10-19(18)25-3)11-22-27-13-20(24)23-17-7-5-4-6-16(17)21/h4-11,14H,12-13H2,1-3H3,(H,23,24)/b22-11-. The second-order valence-corrected chi connectivity index (χ2v) is 6.15. The lowest BCUT2D eigenvalue weighted by atomic mass is 10.2. The van der Waals surface area contributed by atoms with Gasteiger partial charge in [-0.25, -0.2) is 4.39 Å². The molecule has 7 heteroatoms. The highest BCUT2D eigenvalue weighted by atomic mass is 19.1. The number of carbonyl (C=O) groups is 1. The van der Waals surface area contributed by atoms with Crippen LogP contribution in [0.15, 0.2) is 47.6 Å². The molecule has 0 fully saturated rings. The van der Waals surface area contributed by atoms with Gasteiger partial charge >= 0.3 is 0 Å². The number of nitrogens with zero attached hydrogens (tertiary/aromatic N) is 1. The van der Waals surface area contributed by atoms with Gasteiger partial charge < -0.3 is 19.6 Å². The monoisotopic (exact) mass is 374 g/mol. The molecule has 2 aromatic carbocycles. The summed E-state index contributed by atoms with van der Waals surface area (Å²) in [5.41, 5.74) is 0.815. The first-order chi connectivity index (χ1) is 13.0. The van der Waals surface area contributed by atoms with Crippen LogP contribution < -0.4 is 14.8 Å². The molecule has 0 radical (unpaired) electrons. The van der Waals surface area contributed by atoms with Crippen LogP contribution in [0.4, 0.5) is 10.1 Å². The van der Waals surface area contributed by atoms with Crippen LogP contribution in [-0.2, 0) is 9.63 Å². The first-order valence-corrected chi connectivity index (χ1v) is 8.50. The summed E-state index contributed by atoms with van der Waals surface area (Å²) < 4.78 is 24.5. The number of hydrogen-bond acceptors (Lipinski definition) is 5. The van der Waals surface area contributed by atoms with E-state index in [9.17, 15) is 9.18 Å². The Morgan fingerprint density at radius 2 is 2.00 bits per heavy atom. The minimum atomic E-state index is -0.513. The summed E-state index contributed by atoms with van der Waals surface area (Å²) in [5.74, 6) is 0.610. The number of halogens is 1. The molecule has 0 saturated heterocycles. The van der Waals surface area contributed by atoms with Crippen LogP contribution >= 0.6 is 0 Å². The van der Waals surface area contributed by atoms with Crippen molar-refractivity contribution in [3.63, 3.8) is 0 Å². The zero-order valence-electron chi connectivity index (χ0n) is 15.6. The smallest absolute Gasteiger partial charge is 0.265 e. The molecule has 2 rings (SSSR count). The number of anilines is 1. The molecular formula is C20H23FN2O4. The fourth-order valence-electron chi connectivity index (χ4n) is 2.08. The largest absolute Gasteiger partial charge is 0.493 e. The van der Waals surface area contributed by atoms with Gasteiger partial charge in [0, 0.05) is 5.56 Å². The van der Waals surface area contributed by atoms with Crippen molar-refractivity contribution in [3.8, 4) is 11.5 Å². The van der Waals surface area contributed by atoms with Crippen molar-refractivity contribution >= 4 is 17.8 Å². The van der Waals surface area contributed by atoms with Gasteiger partial charge in [0.2, 0.25) is 0 Å². The number of hydrogen-bond donors (Lipinski definition) is 1. The molecule has 0 unspecified atom stereocenters. The Labute approximate surface area is 157 Å². The number of para-hydroxylation sites is 1. The summed E-state index contributed by atoms with van der Waals surface area (Å²) in [7, 11) is 1.56. The number of nitrogens with one attached hydrogen (secondary N) is 1. The van der Waals surface area contributed by atoms with E-state index in [0.717, 1.165) is 5.56 Å². The van der Waals surface area contributed by atoms with Gasteiger partial charge in [0.05, 0.1) is 25.6 Å². The van der Waals surface area contributed by atoms with E-state index in [0.29, 0.717) is 24.0 Å². The van der Waals surface area contributed by atoms with Crippen molar-refractivity contribution in [2.75, 3.05) is 25.6 Å². The van der Waals surface area contributed by atoms with E-state index in [1.807, 2.05) is 0 Å². The van der Waals surface area contributed by atoms with Crippen molar-refractivity contribution in [1.82, 2.24) is 0 Å². The van der Waals surface area contributed by atoms with Gasteiger partial charge in [-0.3, -0.25) is 4.79 Å². The maximum Gasteiger partial charge on any atom is 0.265 e. The number of rotatable bonds is 9. The summed E-state index contributed by atoms with van der Waals surface area (Å²) >= 11 is 0. The quantitative estimate of drug-likeness (QED) is 0.535. The van der Waals surface area contributed by atoms with Crippen molar-refractivity contribution in [3.05, 3.63) is 53.8 Å². The van der Waals surface area contributed by atoms with E-state index >= 15 is 0 Å². The number of carbonyl (C=O) groups excluding carboxylic acids is 1. The second-order valence-electron chi connectivity index (χ2n) is 6.15. The summed E-state index contributed by atoms with van der Waals surface area (Å²) in [4.78, 5) is 16.7. The lowest BCUT2D eigenvalue weighted by Crippen LogP contribution is -2.17. The van der Waals surface area contributed by atoms with Crippen LogP contribution in [0.5, 0.6) is 11.5 Å². The molecule has 2 aromatic rings. The summed E-state index contributed by atoms with van der Waals surface area (Å²) in [6, 6.07) is 11.2. The molecule has 0 aliphatic carbocycles. The molecule has 0 heterocycles. The number of oxime groups is 1. The van der Waals surface area contributed by atoms with Crippen LogP contribution in [0.1, 0.15) is 19.4 Å². The van der Waals surface area contributed by atoms with Crippen LogP contribution in [-0.4, -0.2) is 32.4 Å². The Morgan fingerprint density at radius 1 is 1.22 bits per heavy atom. The number of benzene rings is 2. The third kappa shape index (κ3) is 6.62. The fraction of sp³-hybridized carbons (Fsp3) is 0.300. The first-order valence-electron chi connectivity index (χ1n) is 8.50. The van der Waals surface area contributed by atoms with Crippen LogP contribution in [0.3, 0.4) is 0 Å². The Morgan fingerprint density at radius 3 is 2.70 bits per heavy atom. The summed E-state index contributed by atoms with van der Waals surface area (Å²) in [6.45, 7) is 4.38. The van der Waals surface area contributed by atoms with Crippen molar-refractivity contribution in [1.29, 1.82) is 0 Å². The van der Waals surface area contributed by atoms with Gasteiger partial charge in [0.1, 0.15) is 5.82 Å². The Hall–Kier alpha value is -3.09. The molecule has 27 heavy (non-hydrogen) atoms. The molecule has 144 valence electrons. The number of amides is 1. The minimum Gasteiger partial charge on any atom is -0.493 e. The highest BCUT2D eigenvalue weighted by molar-refractivity contribution is 5.91. The third-order valence-corrected chi connectivity index (χ3v) is 3.38. The normalized spacial score (nSPS) is 10.9. The van der Waals surface area contributed by atoms with Gasteiger partial charge in [0.25, 0.3) is 5.91 Å². The van der Waals surface area contributed by atoms with E-state index in [4.69, 9.17) is 14.3 Å². The Kier molecular flexibility index (Phi) is 7.61. The minimum absolute atomic E-state index is 0.0943. The fourth-order valence-corrected chi connectivity index (χ4v) is 2.08. The van der Waals surface area contributed by atoms with E-state index in [-0.39, 0.29) is 12.3 Å². The molecular weight excluding hydrogens is 351 g/mol. The molecule has 6 nitrogen and oxygen atoms in total. The predicted molar refractivity (Wildman–Crippen MR) is 102 cm³/mol. The molecule has 0 aliphatic rings. The van der Waals surface area contributed by atoms with Gasteiger partial charge in [-0.05, 0) is 36.2 Å². The average molecular weight is 374 g/mol. The second kappa shape index (κ2) is 10.2. The Bertz CT molecular complexity index is 793. The Balaban J connectivity index is 1.86. The van der Waals surface area contributed by atoms with E-state index in [1.54, 1.807) is 37.4 Å².